The quantitative estimate of drug-likeness (QED) is 0.695. The van der Waals surface area contributed by atoms with Gasteiger partial charge in [-0.2, -0.15) is 0 Å². The van der Waals surface area contributed by atoms with Crippen molar-refractivity contribution >= 4 is 12.3 Å². The van der Waals surface area contributed by atoms with Crippen molar-refractivity contribution < 1.29 is 0 Å². The molecule has 0 spiro atoms. The molecule has 1 nitrogen and oxygen atoms in total. The van der Waals surface area contributed by atoms with Crippen molar-refractivity contribution in [2.24, 2.45) is 0 Å². The maximum Gasteiger partial charge on any atom is 0.0701 e. The van der Waals surface area contributed by atoms with Crippen LogP contribution in [-0.2, 0) is 21.7 Å². The average molecular weight is 398 g/mol. The molecule has 30 heavy (non-hydrogen) atoms. The van der Waals surface area contributed by atoms with Gasteiger partial charge in [-0.1, -0.05) is 65.8 Å². The lowest BCUT2D eigenvalue weighted by atomic mass is 9.77. The molecule has 2 aromatic carbocycles. The van der Waals surface area contributed by atoms with Gasteiger partial charge in [0.2, 0.25) is 0 Å². The zero-order valence-corrected chi connectivity index (χ0v) is 19.4. The zero-order valence-electron chi connectivity index (χ0n) is 19.4. The molecule has 3 atom stereocenters. The second-order valence-electron chi connectivity index (χ2n) is 12.5. The Bertz CT molecular complexity index is 1210. The van der Waals surface area contributed by atoms with Crippen LogP contribution in [0.15, 0.2) is 30.3 Å². The van der Waals surface area contributed by atoms with E-state index in [-0.39, 0.29) is 16.9 Å². The third kappa shape index (κ3) is 2.35. The number of hydrogen-bond acceptors (Lipinski definition) is 1. The maximum absolute atomic E-state index is 3.71. The Kier molecular flexibility index (Phi) is 3.38. The summed E-state index contributed by atoms with van der Waals surface area (Å²) in [6.45, 7) is 14.6. The van der Waals surface area contributed by atoms with Crippen molar-refractivity contribution in [1.82, 2.24) is 5.32 Å². The molecule has 1 heteroatoms. The van der Waals surface area contributed by atoms with Crippen LogP contribution in [0.3, 0.4) is 0 Å². The summed E-state index contributed by atoms with van der Waals surface area (Å²) in [7, 11) is 0. The van der Waals surface area contributed by atoms with E-state index in [1.807, 2.05) is 0 Å². The fraction of sp³-hybridized carbons (Fsp3) is 0.517. The number of rotatable bonds is 1. The first-order valence-electron chi connectivity index (χ1n) is 11.8. The Balaban J connectivity index is 1.45. The predicted octanol–water partition coefficient (Wildman–Crippen LogP) is 5.22. The minimum Gasteiger partial charge on any atom is -0.380 e. The van der Waals surface area contributed by atoms with Crippen molar-refractivity contribution in [2.45, 2.75) is 94.9 Å². The van der Waals surface area contributed by atoms with Gasteiger partial charge in [0.1, 0.15) is 0 Å². The monoisotopic (exact) mass is 397 g/mol. The van der Waals surface area contributed by atoms with Gasteiger partial charge in [0.25, 0.3) is 0 Å². The summed E-state index contributed by atoms with van der Waals surface area (Å²) in [6.07, 6.45) is 9.96. The van der Waals surface area contributed by atoms with Gasteiger partial charge in [-0.15, -0.1) is 0 Å². The van der Waals surface area contributed by atoms with E-state index in [1.54, 1.807) is 11.1 Å². The van der Waals surface area contributed by atoms with E-state index in [1.165, 1.54) is 52.8 Å². The van der Waals surface area contributed by atoms with Gasteiger partial charge in [0, 0.05) is 6.20 Å². The van der Waals surface area contributed by atoms with Crippen LogP contribution in [0.2, 0.25) is 0 Å². The minimum absolute atomic E-state index is 0.245. The standard InChI is InChI=1S/C29H35N/c1-26(2)16-27(3,4)22-11-18(7-8-21(22)26)25-14-19-12-23-24(13-20(19)15-30-25)29(6)10-9-28(23,5)17-29/h7-8,11-15,25,30H,9-10,16-17H2,1-6H3. The fourth-order valence-corrected chi connectivity index (χ4v) is 7.75. The molecule has 6 rings (SSSR count). The van der Waals surface area contributed by atoms with Gasteiger partial charge >= 0.3 is 0 Å². The second-order valence-corrected chi connectivity index (χ2v) is 12.5. The highest BCUT2D eigenvalue weighted by atomic mass is 14.9. The summed E-state index contributed by atoms with van der Waals surface area (Å²) in [5.41, 5.74) is 8.99. The normalized spacial score (nSPS) is 33.7. The Morgan fingerprint density at radius 2 is 1.33 bits per heavy atom. The molecular formula is C29H35N. The van der Waals surface area contributed by atoms with Crippen LogP contribution in [-0.4, -0.2) is 0 Å². The largest absolute Gasteiger partial charge is 0.380 e. The van der Waals surface area contributed by atoms with E-state index in [4.69, 9.17) is 0 Å². The second kappa shape index (κ2) is 5.42. The van der Waals surface area contributed by atoms with E-state index in [9.17, 15) is 0 Å². The van der Waals surface area contributed by atoms with Crippen LogP contribution in [0, 0.1) is 0 Å². The van der Waals surface area contributed by atoms with E-state index in [2.05, 4.69) is 89.5 Å². The van der Waals surface area contributed by atoms with Crippen LogP contribution >= 0.6 is 0 Å². The summed E-state index contributed by atoms with van der Waals surface area (Å²) in [5, 5.41) is 6.49. The minimum atomic E-state index is 0.245. The first-order chi connectivity index (χ1) is 14.0. The van der Waals surface area contributed by atoms with Crippen LogP contribution in [0.25, 0.3) is 12.3 Å². The first-order valence-corrected chi connectivity index (χ1v) is 11.8. The number of hydrogen-bond donors (Lipinski definition) is 1. The van der Waals surface area contributed by atoms with Crippen LogP contribution < -0.4 is 15.8 Å². The fourth-order valence-electron chi connectivity index (χ4n) is 7.75. The number of nitrogens with one attached hydrogen (secondary N) is 1. The highest BCUT2D eigenvalue weighted by Crippen LogP contribution is 2.59. The Labute approximate surface area is 181 Å². The van der Waals surface area contributed by atoms with Crippen molar-refractivity contribution in [3.63, 3.8) is 0 Å². The maximum atomic E-state index is 3.71. The molecule has 1 aliphatic heterocycles. The number of benzene rings is 2. The van der Waals surface area contributed by atoms with Crippen molar-refractivity contribution in [3.05, 3.63) is 68.6 Å². The number of fused-ring (bicyclic) bond motifs is 7. The Morgan fingerprint density at radius 3 is 2.03 bits per heavy atom. The summed E-state index contributed by atoms with van der Waals surface area (Å²) in [5.74, 6) is 0. The Hall–Kier alpha value is -2.02. The van der Waals surface area contributed by atoms with E-state index < -0.39 is 0 Å². The van der Waals surface area contributed by atoms with Gasteiger partial charge in [-0.25, -0.2) is 0 Å². The third-order valence-electron chi connectivity index (χ3n) is 9.04. The van der Waals surface area contributed by atoms with E-state index in [0.717, 1.165) is 0 Å². The summed E-state index contributed by atoms with van der Waals surface area (Å²) in [6, 6.07) is 12.5. The lowest BCUT2D eigenvalue weighted by molar-refractivity contribution is 0.403. The lowest BCUT2D eigenvalue weighted by Crippen LogP contribution is -2.37. The molecule has 156 valence electrons. The van der Waals surface area contributed by atoms with Gasteiger partial charge in [-0.05, 0) is 97.7 Å². The van der Waals surface area contributed by atoms with Crippen molar-refractivity contribution in [3.8, 4) is 0 Å². The summed E-state index contributed by atoms with van der Waals surface area (Å²) in [4.78, 5) is 0. The molecule has 0 saturated heterocycles. The van der Waals surface area contributed by atoms with Crippen LogP contribution in [0.1, 0.15) is 101 Å². The zero-order chi connectivity index (χ0) is 21.1. The highest BCUT2D eigenvalue weighted by Gasteiger charge is 2.52. The van der Waals surface area contributed by atoms with Gasteiger partial charge in [0.05, 0.1) is 6.04 Å². The molecule has 1 heterocycles. The van der Waals surface area contributed by atoms with E-state index in [0.29, 0.717) is 10.8 Å². The molecule has 4 aliphatic rings. The molecule has 0 radical (unpaired) electrons. The predicted molar refractivity (Wildman–Crippen MR) is 126 cm³/mol. The van der Waals surface area contributed by atoms with Crippen LogP contribution in [0.4, 0.5) is 0 Å². The molecule has 3 aliphatic carbocycles. The molecule has 2 aromatic rings. The molecular weight excluding hydrogens is 362 g/mol. The van der Waals surface area contributed by atoms with Crippen molar-refractivity contribution in [2.75, 3.05) is 0 Å². The van der Waals surface area contributed by atoms with Gasteiger partial charge in [-0.3, -0.25) is 0 Å². The molecule has 1 N–H and O–H groups in total. The highest BCUT2D eigenvalue weighted by molar-refractivity contribution is 5.56. The van der Waals surface area contributed by atoms with Gasteiger partial charge in [0.15, 0.2) is 0 Å². The SMILES string of the molecule is CC1(C)CC(C)(C)c2cc(C3C=c4cc5c(cc4=CN3)C3(C)CCC5(C)C3)ccc21. The average Bonchev–Trinajstić information content (AvgIpc) is 3.19. The first kappa shape index (κ1) is 18.7. The Morgan fingerprint density at radius 1 is 0.700 bits per heavy atom. The third-order valence-corrected chi connectivity index (χ3v) is 9.04. The summed E-state index contributed by atoms with van der Waals surface area (Å²) < 4.78 is 0. The van der Waals surface area contributed by atoms with Crippen molar-refractivity contribution in [1.29, 1.82) is 0 Å². The van der Waals surface area contributed by atoms with E-state index >= 15 is 0 Å². The van der Waals surface area contributed by atoms with Crippen LogP contribution in [0.5, 0.6) is 0 Å². The molecule has 2 bridgehead atoms. The molecule has 1 saturated carbocycles. The summed E-state index contributed by atoms with van der Waals surface area (Å²) >= 11 is 0. The lowest BCUT2D eigenvalue weighted by Gasteiger charge is -2.28. The molecule has 0 amide bonds. The molecule has 0 aromatic heterocycles. The molecule has 3 unspecified atom stereocenters. The van der Waals surface area contributed by atoms with Gasteiger partial charge < -0.3 is 5.32 Å². The smallest absolute Gasteiger partial charge is 0.0701 e. The topological polar surface area (TPSA) is 12.0 Å². The molecule has 1 fully saturated rings.